The van der Waals surface area contributed by atoms with Crippen LogP contribution in [0.5, 0.6) is 0 Å². The third kappa shape index (κ3) is 1.99. The van der Waals surface area contributed by atoms with Crippen molar-refractivity contribution in [2.75, 3.05) is 0 Å². The van der Waals surface area contributed by atoms with Crippen molar-refractivity contribution >= 4 is 6.29 Å². The van der Waals surface area contributed by atoms with Crippen molar-refractivity contribution < 1.29 is 18.0 Å². The third-order valence-electron chi connectivity index (χ3n) is 2.41. The van der Waals surface area contributed by atoms with E-state index in [-0.39, 0.29) is 6.42 Å². The molecule has 0 aliphatic heterocycles. The molecule has 0 radical (unpaired) electrons. The molecule has 0 aromatic heterocycles. The van der Waals surface area contributed by atoms with Crippen LogP contribution < -0.4 is 0 Å². The van der Waals surface area contributed by atoms with E-state index in [0.29, 0.717) is 19.1 Å². The average Bonchev–Trinajstić information content (AvgIpc) is 2.03. The lowest BCUT2D eigenvalue weighted by molar-refractivity contribution is -0.194. The molecule has 70 valence electrons. The summed E-state index contributed by atoms with van der Waals surface area (Å²) in [4.78, 5) is 10.3. The Morgan fingerprint density at radius 2 is 1.75 bits per heavy atom. The molecule has 0 bridgehead atoms. The van der Waals surface area contributed by atoms with Gasteiger partial charge >= 0.3 is 6.18 Å². The van der Waals surface area contributed by atoms with Crippen molar-refractivity contribution in [1.29, 1.82) is 0 Å². The van der Waals surface area contributed by atoms with Crippen molar-refractivity contribution in [2.45, 2.75) is 31.9 Å². The zero-order valence-electron chi connectivity index (χ0n) is 6.60. The molecule has 2 atom stereocenters. The number of carbonyl (C=O) groups is 1. The summed E-state index contributed by atoms with van der Waals surface area (Å²) in [5.74, 6) is -2.18. The molecule has 0 spiro atoms. The smallest absolute Gasteiger partial charge is 0.303 e. The Morgan fingerprint density at radius 3 is 2.17 bits per heavy atom. The largest absolute Gasteiger partial charge is 0.392 e. The van der Waals surface area contributed by atoms with E-state index in [9.17, 15) is 18.0 Å². The topological polar surface area (TPSA) is 17.1 Å². The van der Waals surface area contributed by atoms with Crippen LogP contribution in [0.3, 0.4) is 0 Å². The minimum Gasteiger partial charge on any atom is -0.303 e. The quantitative estimate of drug-likeness (QED) is 0.567. The lowest BCUT2D eigenvalue weighted by Crippen LogP contribution is -2.33. The van der Waals surface area contributed by atoms with Crippen molar-refractivity contribution in [3.05, 3.63) is 0 Å². The number of halogens is 3. The fraction of sp³-hybridized carbons (Fsp3) is 0.875. The lowest BCUT2D eigenvalue weighted by atomic mass is 9.80. The maximum Gasteiger partial charge on any atom is 0.392 e. The molecule has 0 amide bonds. The van der Waals surface area contributed by atoms with Gasteiger partial charge in [0.15, 0.2) is 0 Å². The van der Waals surface area contributed by atoms with Gasteiger partial charge in [0.25, 0.3) is 0 Å². The van der Waals surface area contributed by atoms with E-state index in [1.165, 1.54) is 0 Å². The first-order chi connectivity index (χ1) is 5.55. The second-order valence-corrected chi connectivity index (χ2v) is 3.23. The number of carbonyl (C=O) groups excluding carboxylic acids is 1. The number of hydrogen-bond acceptors (Lipinski definition) is 1. The highest BCUT2D eigenvalue weighted by Gasteiger charge is 2.45. The third-order valence-corrected chi connectivity index (χ3v) is 2.41. The predicted molar refractivity (Wildman–Crippen MR) is 37.6 cm³/mol. The standard InChI is InChI=1S/C8H11F3O/c9-8(10,11)7-4-2-1-3-6(7)5-12/h5-7H,1-4H2/t6-,7+/m0/s1. The Bertz CT molecular complexity index is 164. The summed E-state index contributed by atoms with van der Waals surface area (Å²) < 4.78 is 36.7. The molecule has 0 saturated heterocycles. The molecule has 1 aliphatic rings. The Hall–Kier alpha value is -0.540. The van der Waals surface area contributed by atoms with Crippen LogP contribution in [0.15, 0.2) is 0 Å². The van der Waals surface area contributed by atoms with Crippen LogP contribution in [0.1, 0.15) is 25.7 Å². The molecule has 0 aromatic carbocycles. The molecule has 1 rings (SSSR count). The molecular weight excluding hydrogens is 169 g/mol. The summed E-state index contributed by atoms with van der Waals surface area (Å²) in [6, 6.07) is 0. The fourth-order valence-corrected chi connectivity index (χ4v) is 1.73. The highest BCUT2D eigenvalue weighted by Crippen LogP contribution is 2.40. The number of hydrogen-bond donors (Lipinski definition) is 0. The molecule has 1 aliphatic carbocycles. The molecule has 1 nitrogen and oxygen atoms in total. The number of rotatable bonds is 1. The summed E-state index contributed by atoms with van der Waals surface area (Å²) >= 11 is 0. The van der Waals surface area contributed by atoms with Gasteiger partial charge in [-0.2, -0.15) is 13.2 Å². The molecule has 4 heteroatoms. The van der Waals surface area contributed by atoms with Crippen molar-refractivity contribution in [1.82, 2.24) is 0 Å². The molecule has 0 heterocycles. The van der Waals surface area contributed by atoms with Crippen LogP contribution >= 0.6 is 0 Å². The van der Waals surface area contributed by atoms with E-state index in [0.717, 1.165) is 6.42 Å². The van der Waals surface area contributed by atoms with Crippen LogP contribution in [0.2, 0.25) is 0 Å². The average molecular weight is 180 g/mol. The van der Waals surface area contributed by atoms with Crippen LogP contribution in [-0.4, -0.2) is 12.5 Å². The first-order valence-corrected chi connectivity index (χ1v) is 4.07. The van der Waals surface area contributed by atoms with Crippen LogP contribution in [-0.2, 0) is 4.79 Å². The van der Waals surface area contributed by atoms with E-state index in [1.807, 2.05) is 0 Å². The Labute approximate surface area is 68.9 Å². The summed E-state index contributed by atoms with van der Waals surface area (Å²) in [6.07, 6.45) is -1.88. The van der Waals surface area contributed by atoms with Crippen molar-refractivity contribution in [3.8, 4) is 0 Å². The van der Waals surface area contributed by atoms with Crippen molar-refractivity contribution in [3.63, 3.8) is 0 Å². The van der Waals surface area contributed by atoms with Gasteiger partial charge in [-0.05, 0) is 12.8 Å². The Morgan fingerprint density at radius 1 is 1.17 bits per heavy atom. The van der Waals surface area contributed by atoms with Gasteiger partial charge in [-0.1, -0.05) is 12.8 Å². The van der Waals surface area contributed by atoms with Gasteiger partial charge in [0.1, 0.15) is 6.29 Å². The van der Waals surface area contributed by atoms with Crippen LogP contribution in [0.4, 0.5) is 13.2 Å². The van der Waals surface area contributed by atoms with Gasteiger partial charge in [-0.3, -0.25) is 0 Å². The lowest BCUT2D eigenvalue weighted by Gasteiger charge is -2.29. The molecule has 1 fully saturated rings. The Balaban J connectivity index is 2.65. The second kappa shape index (κ2) is 3.46. The maximum atomic E-state index is 12.2. The fourth-order valence-electron chi connectivity index (χ4n) is 1.73. The molecule has 1 saturated carbocycles. The summed E-state index contributed by atoms with van der Waals surface area (Å²) in [7, 11) is 0. The second-order valence-electron chi connectivity index (χ2n) is 3.23. The van der Waals surface area contributed by atoms with E-state index in [4.69, 9.17) is 0 Å². The highest BCUT2D eigenvalue weighted by atomic mass is 19.4. The highest BCUT2D eigenvalue weighted by molar-refractivity contribution is 5.54. The van der Waals surface area contributed by atoms with Gasteiger partial charge in [0, 0.05) is 5.92 Å². The zero-order valence-corrected chi connectivity index (χ0v) is 6.60. The van der Waals surface area contributed by atoms with E-state index < -0.39 is 18.0 Å². The van der Waals surface area contributed by atoms with Gasteiger partial charge in [-0.25, -0.2) is 0 Å². The van der Waals surface area contributed by atoms with E-state index >= 15 is 0 Å². The predicted octanol–water partition coefficient (Wildman–Crippen LogP) is 2.55. The maximum absolute atomic E-state index is 12.2. The van der Waals surface area contributed by atoms with Crippen LogP contribution in [0, 0.1) is 11.8 Å². The minimum absolute atomic E-state index is 0.118. The van der Waals surface area contributed by atoms with Gasteiger partial charge in [0.2, 0.25) is 0 Å². The molecule has 0 aromatic rings. The summed E-state index contributed by atoms with van der Waals surface area (Å²) in [5, 5.41) is 0. The zero-order chi connectivity index (χ0) is 9.19. The number of alkyl halides is 3. The van der Waals surface area contributed by atoms with Gasteiger partial charge in [-0.15, -0.1) is 0 Å². The monoisotopic (exact) mass is 180 g/mol. The molecule has 0 N–H and O–H groups in total. The molecular formula is C8H11F3O. The first kappa shape index (κ1) is 9.55. The van der Waals surface area contributed by atoms with E-state index in [1.54, 1.807) is 0 Å². The normalized spacial score (nSPS) is 31.6. The molecule has 12 heavy (non-hydrogen) atoms. The van der Waals surface area contributed by atoms with Crippen molar-refractivity contribution in [2.24, 2.45) is 11.8 Å². The molecule has 0 unspecified atom stereocenters. The summed E-state index contributed by atoms with van der Waals surface area (Å²) in [6.45, 7) is 0. The first-order valence-electron chi connectivity index (χ1n) is 4.07. The van der Waals surface area contributed by atoms with Gasteiger partial charge < -0.3 is 4.79 Å². The van der Waals surface area contributed by atoms with Gasteiger partial charge in [0.05, 0.1) is 5.92 Å². The minimum atomic E-state index is -4.19. The number of aldehydes is 1. The SMILES string of the molecule is O=C[C@@H]1CCCC[C@H]1C(F)(F)F. The summed E-state index contributed by atoms with van der Waals surface area (Å²) in [5.41, 5.74) is 0. The Kier molecular flexibility index (Phi) is 2.75. The van der Waals surface area contributed by atoms with Crippen LogP contribution in [0.25, 0.3) is 0 Å². The van der Waals surface area contributed by atoms with E-state index in [2.05, 4.69) is 0 Å².